The van der Waals surface area contributed by atoms with Gasteiger partial charge < -0.3 is 10.1 Å². The second kappa shape index (κ2) is 7.95. The van der Waals surface area contributed by atoms with Crippen molar-refractivity contribution in [3.05, 3.63) is 47.1 Å². The molecule has 3 aromatic heterocycles. The Morgan fingerprint density at radius 2 is 2.06 bits per heavy atom. The van der Waals surface area contributed by atoms with Crippen molar-refractivity contribution in [2.24, 2.45) is 13.0 Å². The lowest BCUT2D eigenvalue weighted by Crippen LogP contribution is -2.28. The molecule has 4 aromatic rings. The van der Waals surface area contributed by atoms with Crippen LogP contribution in [0.5, 0.6) is 6.01 Å². The van der Waals surface area contributed by atoms with Gasteiger partial charge in [-0.05, 0) is 47.5 Å². The molecule has 0 atom stereocenters. The van der Waals surface area contributed by atoms with Gasteiger partial charge in [-0.1, -0.05) is 35.3 Å². The summed E-state index contributed by atoms with van der Waals surface area (Å²) in [6.45, 7) is 0.138. The zero-order valence-electron chi connectivity index (χ0n) is 16.7. The molecule has 0 bridgehead atoms. The number of anilines is 1. The first-order valence-electron chi connectivity index (χ1n) is 9.89. The van der Waals surface area contributed by atoms with E-state index in [0.717, 1.165) is 24.8 Å². The standard InChI is InChI=1S/C20H19ClN8O2/c1-28-19(25-26-27-28)29-15-9-4-8-14(21)17(15)24-20(29)31-11-13-7-3-10-16(22-13)23-18(30)12-5-2-6-12/h3-4,7-10,12H,2,5-6,11H2,1H3,(H,22,23,30). The van der Waals surface area contributed by atoms with Crippen LogP contribution in [0.25, 0.3) is 17.0 Å². The van der Waals surface area contributed by atoms with Crippen molar-refractivity contribution in [3.8, 4) is 12.0 Å². The highest BCUT2D eigenvalue weighted by atomic mass is 35.5. The SMILES string of the molecule is Cn1nnnc1-n1c(OCc2cccc(NC(=O)C3CCC3)n2)nc2c(Cl)cccc21. The minimum absolute atomic E-state index is 0.0167. The van der Waals surface area contributed by atoms with Crippen LogP contribution in [0.4, 0.5) is 5.82 Å². The molecule has 1 aliphatic rings. The number of hydrogen-bond donors (Lipinski definition) is 1. The van der Waals surface area contributed by atoms with Gasteiger partial charge in [-0.3, -0.25) is 4.79 Å². The maximum Gasteiger partial charge on any atom is 0.305 e. The molecule has 1 saturated carbocycles. The van der Waals surface area contributed by atoms with Gasteiger partial charge in [0.2, 0.25) is 5.91 Å². The fourth-order valence-electron chi connectivity index (χ4n) is 3.41. The van der Waals surface area contributed by atoms with E-state index in [1.807, 2.05) is 24.3 Å². The monoisotopic (exact) mass is 438 g/mol. The second-order valence-corrected chi connectivity index (χ2v) is 7.77. The second-order valence-electron chi connectivity index (χ2n) is 7.36. The fourth-order valence-corrected chi connectivity index (χ4v) is 3.63. The molecule has 0 radical (unpaired) electrons. The summed E-state index contributed by atoms with van der Waals surface area (Å²) in [4.78, 5) is 21.2. The Labute approximate surface area is 182 Å². The van der Waals surface area contributed by atoms with Crippen molar-refractivity contribution in [1.29, 1.82) is 0 Å². The Balaban J connectivity index is 1.41. The van der Waals surface area contributed by atoms with E-state index in [-0.39, 0.29) is 24.4 Å². The third-order valence-corrected chi connectivity index (χ3v) is 5.59. The number of carbonyl (C=O) groups is 1. The summed E-state index contributed by atoms with van der Waals surface area (Å²) in [6.07, 6.45) is 2.97. The number of rotatable bonds is 6. The molecule has 0 unspecified atom stereocenters. The molecule has 1 N–H and O–H groups in total. The Hall–Kier alpha value is -3.53. The molecule has 11 heteroatoms. The van der Waals surface area contributed by atoms with E-state index in [0.29, 0.717) is 28.0 Å². The number of halogens is 1. The number of aromatic nitrogens is 7. The van der Waals surface area contributed by atoms with Gasteiger partial charge in [-0.25, -0.2) is 14.2 Å². The minimum atomic E-state index is 0.0167. The maximum atomic E-state index is 12.2. The number of ether oxygens (including phenoxy) is 1. The van der Waals surface area contributed by atoms with Crippen LogP contribution in [0.2, 0.25) is 5.02 Å². The van der Waals surface area contributed by atoms with Gasteiger partial charge in [0, 0.05) is 13.0 Å². The average Bonchev–Trinajstić information content (AvgIpc) is 3.29. The van der Waals surface area contributed by atoms with Crippen LogP contribution in [-0.2, 0) is 18.4 Å². The number of pyridine rings is 1. The zero-order valence-corrected chi connectivity index (χ0v) is 17.5. The number of carbonyl (C=O) groups excluding carboxylic acids is 1. The van der Waals surface area contributed by atoms with Gasteiger partial charge in [0.1, 0.15) is 17.9 Å². The summed E-state index contributed by atoms with van der Waals surface area (Å²) in [6, 6.07) is 11.1. The van der Waals surface area contributed by atoms with Gasteiger partial charge in [0.25, 0.3) is 5.95 Å². The topological polar surface area (TPSA) is 113 Å². The van der Waals surface area contributed by atoms with Crippen molar-refractivity contribution in [1.82, 2.24) is 34.7 Å². The highest BCUT2D eigenvalue weighted by Gasteiger charge is 2.25. The Morgan fingerprint density at radius 3 is 2.81 bits per heavy atom. The zero-order chi connectivity index (χ0) is 21.4. The van der Waals surface area contributed by atoms with E-state index >= 15 is 0 Å². The molecular formula is C20H19ClN8O2. The summed E-state index contributed by atoms with van der Waals surface area (Å²) in [7, 11) is 1.73. The van der Waals surface area contributed by atoms with Gasteiger partial charge in [-0.2, -0.15) is 4.98 Å². The van der Waals surface area contributed by atoms with Crippen molar-refractivity contribution in [3.63, 3.8) is 0 Å². The van der Waals surface area contributed by atoms with Gasteiger partial charge in [0.15, 0.2) is 0 Å². The van der Waals surface area contributed by atoms with E-state index in [1.54, 1.807) is 23.7 Å². The number of amides is 1. The van der Waals surface area contributed by atoms with Crippen molar-refractivity contribution < 1.29 is 9.53 Å². The third-order valence-electron chi connectivity index (χ3n) is 5.29. The van der Waals surface area contributed by atoms with Crippen LogP contribution in [0.1, 0.15) is 25.0 Å². The lowest BCUT2D eigenvalue weighted by molar-refractivity contribution is -0.122. The average molecular weight is 439 g/mol. The van der Waals surface area contributed by atoms with Crippen LogP contribution >= 0.6 is 11.6 Å². The number of fused-ring (bicyclic) bond motifs is 1. The molecule has 0 saturated heterocycles. The quantitative estimate of drug-likeness (QED) is 0.492. The van der Waals surface area contributed by atoms with Crippen LogP contribution in [0.3, 0.4) is 0 Å². The lowest BCUT2D eigenvalue weighted by Gasteiger charge is -2.23. The van der Waals surface area contributed by atoms with Crippen LogP contribution in [-0.4, -0.2) is 40.6 Å². The van der Waals surface area contributed by atoms with Crippen molar-refractivity contribution >= 4 is 34.4 Å². The molecule has 0 aliphatic heterocycles. The number of tetrazole rings is 1. The molecule has 0 spiro atoms. The minimum Gasteiger partial charge on any atom is -0.458 e. The molecule has 1 aliphatic carbocycles. The highest BCUT2D eigenvalue weighted by molar-refractivity contribution is 6.35. The first-order valence-corrected chi connectivity index (χ1v) is 10.3. The Bertz CT molecular complexity index is 1260. The van der Waals surface area contributed by atoms with Gasteiger partial charge >= 0.3 is 6.01 Å². The van der Waals surface area contributed by atoms with E-state index in [4.69, 9.17) is 16.3 Å². The smallest absolute Gasteiger partial charge is 0.305 e. The van der Waals surface area contributed by atoms with Crippen LogP contribution in [0, 0.1) is 5.92 Å². The van der Waals surface area contributed by atoms with E-state index < -0.39 is 0 Å². The molecular weight excluding hydrogens is 420 g/mol. The van der Waals surface area contributed by atoms with Gasteiger partial charge in [-0.15, -0.1) is 0 Å². The highest BCUT2D eigenvalue weighted by Crippen LogP contribution is 2.30. The molecule has 1 aromatic carbocycles. The lowest BCUT2D eigenvalue weighted by atomic mass is 9.85. The summed E-state index contributed by atoms with van der Waals surface area (Å²) in [5, 5.41) is 15.0. The molecule has 158 valence electrons. The number of benzene rings is 1. The molecule has 3 heterocycles. The third kappa shape index (κ3) is 3.70. The van der Waals surface area contributed by atoms with Crippen molar-refractivity contribution in [2.45, 2.75) is 25.9 Å². The molecule has 10 nitrogen and oxygen atoms in total. The first-order chi connectivity index (χ1) is 15.1. The van der Waals surface area contributed by atoms with Crippen LogP contribution in [0.15, 0.2) is 36.4 Å². The number of para-hydroxylation sites is 1. The largest absolute Gasteiger partial charge is 0.458 e. The number of nitrogens with one attached hydrogen (secondary N) is 1. The van der Waals surface area contributed by atoms with E-state index in [1.165, 1.54) is 4.68 Å². The summed E-state index contributed by atoms with van der Waals surface area (Å²) in [5.74, 6) is 1.05. The number of imidazole rings is 1. The molecule has 1 amide bonds. The summed E-state index contributed by atoms with van der Waals surface area (Å²) in [5.41, 5.74) is 1.94. The Morgan fingerprint density at radius 1 is 1.23 bits per heavy atom. The van der Waals surface area contributed by atoms with E-state index in [2.05, 4.69) is 30.8 Å². The fraction of sp³-hybridized carbons (Fsp3) is 0.300. The van der Waals surface area contributed by atoms with Crippen molar-refractivity contribution in [2.75, 3.05) is 5.32 Å². The predicted octanol–water partition coefficient (Wildman–Crippen LogP) is 2.92. The number of aryl methyl sites for hydroxylation is 1. The predicted molar refractivity (Wildman–Crippen MR) is 113 cm³/mol. The normalized spacial score (nSPS) is 13.9. The molecule has 1 fully saturated rings. The first kappa shape index (κ1) is 19.4. The number of hydrogen-bond acceptors (Lipinski definition) is 7. The summed E-state index contributed by atoms with van der Waals surface area (Å²) >= 11 is 6.33. The molecule has 31 heavy (non-hydrogen) atoms. The molecule has 5 rings (SSSR count). The van der Waals surface area contributed by atoms with Crippen LogP contribution < -0.4 is 10.1 Å². The number of nitrogens with zero attached hydrogens (tertiary/aromatic N) is 7. The van der Waals surface area contributed by atoms with Gasteiger partial charge in [0.05, 0.1) is 16.2 Å². The maximum absolute atomic E-state index is 12.2. The van der Waals surface area contributed by atoms with E-state index in [9.17, 15) is 4.79 Å². The summed E-state index contributed by atoms with van der Waals surface area (Å²) < 4.78 is 9.21. The Kier molecular flexibility index (Phi) is 4.99.